The summed E-state index contributed by atoms with van der Waals surface area (Å²) < 4.78 is 3.78. The van der Waals surface area contributed by atoms with E-state index >= 15 is 0 Å². The van der Waals surface area contributed by atoms with Crippen molar-refractivity contribution in [1.29, 1.82) is 0 Å². The largest absolute Gasteiger partial charge is 0.335 e. The maximum absolute atomic E-state index is 13.1. The maximum atomic E-state index is 13.1. The molecular formula is C18H28N8O. The number of amides is 1. The zero-order valence-electron chi connectivity index (χ0n) is 16.4. The number of aryl methyl sites for hydroxylation is 1. The predicted octanol–water partition coefficient (Wildman–Crippen LogP) is 1.31. The summed E-state index contributed by atoms with van der Waals surface area (Å²) in [6.45, 7) is 3.94. The molecule has 0 spiro atoms. The summed E-state index contributed by atoms with van der Waals surface area (Å²) in [5, 5.41) is 17.0. The van der Waals surface area contributed by atoms with Crippen LogP contribution in [-0.2, 0) is 12.1 Å². The molecule has 0 bridgehead atoms. The van der Waals surface area contributed by atoms with Gasteiger partial charge in [0.1, 0.15) is 11.2 Å². The molecule has 1 aliphatic heterocycles. The van der Waals surface area contributed by atoms with Crippen LogP contribution in [0.3, 0.4) is 0 Å². The van der Waals surface area contributed by atoms with Gasteiger partial charge in [-0.1, -0.05) is 12.8 Å². The Bertz CT molecular complexity index is 806. The highest BCUT2D eigenvalue weighted by Gasteiger charge is 2.48. The molecule has 2 aromatic heterocycles. The molecule has 1 saturated carbocycles. The maximum Gasteiger partial charge on any atom is 0.272 e. The molecule has 1 saturated heterocycles. The zero-order chi connectivity index (χ0) is 19.0. The molecule has 2 fully saturated rings. The number of carbonyl (C=O) groups excluding carboxylic acids is 1. The van der Waals surface area contributed by atoms with E-state index in [4.69, 9.17) is 0 Å². The predicted molar refractivity (Wildman–Crippen MR) is 99.1 cm³/mol. The van der Waals surface area contributed by atoms with Gasteiger partial charge in [-0.3, -0.25) is 14.4 Å². The van der Waals surface area contributed by atoms with Gasteiger partial charge in [-0.05, 0) is 56.8 Å². The van der Waals surface area contributed by atoms with Crippen LogP contribution in [-0.4, -0.2) is 72.9 Å². The Morgan fingerprint density at radius 2 is 2.11 bits per heavy atom. The number of rotatable bonds is 5. The number of likely N-dealkylation sites (N-methyl/N-ethyl adjacent to an activating group) is 1. The van der Waals surface area contributed by atoms with Crippen molar-refractivity contribution in [2.75, 3.05) is 27.2 Å². The molecule has 1 amide bonds. The molecule has 2 aromatic rings. The van der Waals surface area contributed by atoms with Crippen molar-refractivity contribution in [2.45, 2.75) is 57.2 Å². The van der Waals surface area contributed by atoms with E-state index in [0.29, 0.717) is 31.4 Å². The lowest BCUT2D eigenvalue weighted by Crippen LogP contribution is -2.47. The SMILES string of the molecule is CCn1nccc1C(=O)N1CCC(c2nnnn2C2CCCC2)(N(C)C)C1. The summed E-state index contributed by atoms with van der Waals surface area (Å²) in [7, 11) is 4.11. The summed E-state index contributed by atoms with van der Waals surface area (Å²) >= 11 is 0. The lowest BCUT2D eigenvalue weighted by atomic mass is 9.95. The zero-order valence-corrected chi connectivity index (χ0v) is 16.4. The van der Waals surface area contributed by atoms with E-state index in [0.717, 1.165) is 25.1 Å². The summed E-state index contributed by atoms with van der Waals surface area (Å²) in [5.41, 5.74) is 0.279. The Hall–Kier alpha value is -2.29. The van der Waals surface area contributed by atoms with Crippen molar-refractivity contribution >= 4 is 5.91 Å². The van der Waals surface area contributed by atoms with Crippen molar-refractivity contribution in [2.24, 2.45) is 0 Å². The van der Waals surface area contributed by atoms with Crippen molar-refractivity contribution in [3.05, 3.63) is 23.8 Å². The fourth-order valence-corrected chi connectivity index (χ4v) is 4.54. The van der Waals surface area contributed by atoms with Gasteiger partial charge in [0.15, 0.2) is 5.82 Å². The van der Waals surface area contributed by atoms with Gasteiger partial charge >= 0.3 is 0 Å². The van der Waals surface area contributed by atoms with Gasteiger partial charge in [0, 0.05) is 25.8 Å². The van der Waals surface area contributed by atoms with Crippen LogP contribution in [0.15, 0.2) is 12.3 Å². The van der Waals surface area contributed by atoms with E-state index in [1.165, 1.54) is 12.8 Å². The fourth-order valence-electron chi connectivity index (χ4n) is 4.54. The Labute approximate surface area is 159 Å². The van der Waals surface area contributed by atoms with Crippen LogP contribution >= 0.6 is 0 Å². The minimum absolute atomic E-state index is 0.0259. The Kier molecular flexibility index (Phi) is 4.71. The molecule has 3 heterocycles. The molecule has 0 aromatic carbocycles. The Morgan fingerprint density at radius 1 is 1.33 bits per heavy atom. The first-order valence-electron chi connectivity index (χ1n) is 9.83. The Morgan fingerprint density at radius 3 is 2.81 bits per heavy atom. The monoisotopic (exact) mass is 372 g/mol. The summed E-state index contributed by atoms with van der Waals surface area (Å²) in [4.78, 5) is 17.2. The molecule has 146 valence electrons. The first-order chi connectivity index (χ1) is 13.1. The summed E-state index contributed by atoms with van der Waals surface area (Å²) in [5.74, 6) is 0.914. The second-order valence-electron chi connectivity index (χ2n) is 7.82. The van der Waals surface area contributed by atoms with E-state index in [-0.39, 0.29) is 11.4 Å². The van der Waals surface area contributed by atoms with E-state index in [1.807, 2.05) is 16.5 Å². The van der Waals surface area contributed by atoms with Crippen molar-refractivity contribution in [3.63, 3.8) is 0 Å². The van der Waals surface area contributed by atoms with Gasteiger partial charge in [-0.25, -0.2) is 4.68 Å². The molecule has 1 aliphatic carbocycles. The van der Waals surface area contributed by atoms with Gasteiger partial charge in [-0.2, -0.15) is 5.10 Å². The third kappa shape index (κ3) is 2.93. The molecule has 9 heteroatoms. The van der Waals surface area contributed by atoms with Crippen molar-refractivity contribution in [3.8, 4) is 0 Å². The van der Waals surface area contributed by atoms with Crippen LogP contribution in [0.5, 0.6) is 0 Å². The van der Waals surface area contributed by atoms with Gasteiger partial charge in [0.25, 0.3) is 5.91 Å². The minimum atomic E-state index is -0.362. The molecule has 4 rings (SSSR count). The van der Waals surface area contributed by atoms with Crippen LogP contribution in [0.1, 0.15) is 61.4 Å². The van der Waals surface area contributed by atoms with Crippen molar-refractivity contribution < 1.29 is 4.79 Å². The highest BCUT2D eigenvalue weighted by atomic mass is 16.2. The van der Waals surface area contributed by atoms with E-state index < -0.39 is 0 Å². The number of carbonyl (C=O) groups is 1. The highest BCUT2D eigenvalue weighted by Crippen LogP contribution is 2.38. The molecule has 0 radical (unpaired) electrons. The second kappa shape index (κ2) is 7.03. The van der Waals surface area contributed by atoms with E-state index in [2.05, 4.69) is 39.6 Å². The summed E-state index contributed by atoms with van der Waals surface area (Å²) in [6.07, 6.45) is 7.21. The highest BCUT2D eigenvalue weighted by molar-refractivity contribution is 5.92. The number of hydrogen-bond acceptors (Lipinski definition) is 6. The minimum Gasteiger partial charge on any atom is -0.335 e. The number of likely N-dealkylation sites (tertiary alicyclic amines) is 1. The standard InChI is InChI=1S/C18H28N8O/c1-4-25-15(9-11-19-25)16(27)24-12-10-18(13-24,23(2)3)17-20-21-22-26(17)14-7-5-6-8-14/h9,11,14H,4-8,10,12-13H2,1-3H3. The third-order valence-corrected chi connectivity index (χ3v) is 6.21. The molecule has 9 nitrogen and oxygen atoms in total. The number of nitrogens with zero attached hydrogens (tertiary/aromatic N) is 8. The first-order valence-corrected chi connectivity index (χ1v) is 9.83. The summed E-state index contributed by atoms with van der Waals surface area (Å²) in [6, 6.07) is 2.17. The van der Waals surface area contributed by atoms with E-state index in [9.17, 15) is 4.79 Å². The topological polar surface area (TPSA) is 85.0 Å². The van der Waals surface area contributed by atoms with Gasteiger partial charge in [0.05, 0.1) is 6.04 Å². The van der Waals surface area contributed by atoms with Crippen LogP contribution in [0.4, 0.5) is 0 Å². The van der Waals surface area contributed by atoms with Crippen LogP contribution in [0.25, 0.3) is 0 Å². The number of tetrazole rings is 1. The van der Waals surface area contributed by atoms with Gasteiger partial charge < -0.3 is 4.90 Å². The molecular weight excluding hydrogens is 344 g/mol. The fraction of sp³-hybridized carbons (Fsp3) is 0.722. The molecule has 27 heavy (non-hydrogen) atoms. The molecule has 1 atom stereocenters. The lowest BCUT2D eigenvalue weighted by Gasteiger charge is -2.35. The number of aromatic nitrogens is 6. The Balaban J connectivity index is 1.63. The lowest BCUT2D eigenvalue weighted by molar-refractivity contribution is 0.0725. The van der Waals surface area contributed by atoms with Crippen LogP contribution < -0.4 is 0 Å². The third-order valence-electron chi connectivity index (χ3n) is 6.21. The van der Waals surface area contributed by atoms with E-state index in [1.54, 1.807) is 16.9 Å². The number of hydrogen-bond donors (Lipinski definition) is 0. The first kappa shape index (κ1) is 18.1. The molecule has 0 N–H and O–H groups in total. The van der Waals surface area contributed by atoms with Gasteiger partial charge in [-0.15, -0.1) is 5.10 Å². The smallest absolute Gasteiger partial charge is 0.272 e. The van der Waals surface area contributed by atoms with Crippen LogP contribution in [0.2, 0.25) is 0 Å². The molecule has 2 aliphatic rings. The molecule has 1 unspecified atom stereocenters. The normalized spacial score (nSPS) is 23.6. The average Bonchev–Trinajstić information content (AvgIpc) is 3.47. The second-order valence-corrected chi connectivity index (χ2v) is 7.82. The van der Waals surface area contributed by atoms with Gasteiger partial charge in [0.2, 0.25) is 0 Å². The van der Waals surface area contributed by atoms with Crippen molar-refractivity contribution in [1.82, 2.24) is 39.8 Å². The van der Waals surface area contributed by atoms with Crippen LogP contribution in [0, 0.1) is 0 Å². The quantitative estimate of drug-likeness (QED) is 0.787. The average molecular weight is 372 g/mol.